The molecule has 1 aliphatic rings. The van der Waals surface area contributed by atoms with Crippen molar-refractivity contribution in [2.75, 3.05) is 0 Å². The van der Waals surface area contributed by atoms with Crippen molar-refractivity contribution in [2.45, 2.75) is 31.2 Å². The van der Waals surface area contributed by atoms with Crippen molar-refractivity contribution in [3.8, 4) is 0 Å². The molecule has 2 N–H and O–H groups in total. The van der Waals surface area contributed by atoms with E-state index in [1.807, 2.05) is 12.1 Å². The summed E-state index contributed by atoms with van der Waals surface area (Å²) in [5.74, 6) is 0. The molecular weight excluding hydrogens is 362 g/mol. The molecular formula is C29H29N. The van der Waals surface area contributed by atoms with Crippen molar-refractivity contribution in [2.24, 2.45) is 5.73 Å². The molecule has 3 aromatic rings. The highest BCUT2D eigenvalue weighted by Gasteiger charge is 2.35. The fourth-order valence-corrected chi connectivity index (χ4v) is 4.35. The molecule has 3 aromatic carbocycles. The van der Waals surface area contributed by atoms with E-state index in [2.05, 4.69) is 97.6 Å². The Labute approximate surface area is 180 Å². The van der Waals surface area contributed by atoms with Gasteiger partial charge in [-0.25, -0.2) is 0 Å². The molecule has 4 rings (SSSR count). The van der Waals surface area contributed by atoms with Gasteiger partial charge in [0, 0.05) is 0 Å². The lowest BCUT2D eigenvalue weighted by Crippen LogP contribution is -2.40. The van der Waals surface area contributed by atoms with E-state index in [1.54, 1.807) is 0 Å². The summed E-state index contributed by atoms with van der Waals surface area (Å²) in [6, 6.07) is 31.5. The highest BCUT2D eigenvalue weighted by molar-refractivity contribution is 5.53. The van der Waals surface area contributed by atoms with E-state index in [0.717, 1.165) is 42.4 Å². The molecule has 0 spiro atoms. The van der Waals surface area contributed by atoms with Gasteiger partial charge in [-0.3, -0.25) is 0 Å². The van der Waals surface area contributed by atoms with Gasteiger partial charge in [-0.2, -0.15) is 0 Å². The Balaban J connectivity index is 1.60. The largest absolute Gasteiger partial charge is 0.314 e. The van der Waals surface area contributed by atoms with E-state index < -0.39 is 5.54 Å². The van der Waals surface area contributed by atoms with Crippen LogP contribution in [0.3, 0.4) is 0 Å². The molecule has 1 nitrogen and oxygen atoms in total. The molecule has 0 fully saturated rings. The van der Waals surface area contributed by atoms with Crippen LogP contribution in [0.25, 0.3) is 0 Å². The van der Waals surface area contributed by atoms with Crippen LogP contribution >= 0.6 is 0 Å². The molecule has 0 unspecified atom stereocenters. The Morgan fingerprint density at radius 3 is 1.83 bits per heavy atom. The zero-order valence-corrected chi connectivity index (χ0v) is 17.4. The maximum atomic E-state index is 7.17. The minimum absolute atomic E-state index is 0.638. The normalized spacial score (nSPS) is 15.8. The van der Waals surface area contributed by atoms with Gasteiger partial charge in [0.25, 0.3) is 0 Å². The number of aryl methyl sites for hydroxylation is 1. The Bertz CT molecular complexity index is 1000. The van der Waals surface area contributed by atoms with Gasteiger partial charge >= 0.3 is 0 Å². The molecule has 0 radical (unpaired) electrons. The van der Waals surface area contributed by atoms with E-state index in [9.17, 15) is 0 Å². The summed E-state index contributed by atoms with van der Waals surface area (Å²) in [4.78, 5) is 0. The van der Waals surface area contributed by atoms with Gasteiger partial charge in [-0.1, -0.05) is 110 Å². The standard InChI is InChI=1S/C29H29N/c1-23-22-28(21-20-25(23)15-11-14-24-12-5-2-6-13-24)29(30,26-16-7-3-8-17-26)27-18-9-4-10-19-27/h2-10,12-13,15-19,22H,1,11,14,20-21,30H2/b25-15-. The maximum Gasteiger partial charge on any atom is 0.0885 e. The maximum absolute atomic E-state index is 7.17. The summed E-state index contributed by atoms with van der Waals surface area (Å²) >= 11 is 0. The van der Waals surface area contributed by atoms with E-state index >= 15 is 0 Å². The molecule has 1 heteroatoms. The monoisotopic (exact) mass is 391 g/mol. The van der Waals surface area contributed by atoms with Crippen molar-refractivity contribution in [3.05, 3.63) is 143 Å². The van der Waals surface area contributed by atoms with Gasteiger partial charge < -0.3 is 5.73 Å². The second kappa shape index (κ2) is 9.11. The summed E-state index contributed by atoms with van der Waals surface area (Å²) in [7, 11) is 0. The molecule has 150 valence electrons. The Hall–Kier alpha value is -3.16. The summed E-state index contributed by atoms with van der Waals surface area (Å²) in [5, 5.41) is 0. The van der Waals surface area contributed by atoms with Crippen LogP contribution in [0.15, 0.2) is 126 Å². The molecule has 0 saturated heterocycles. The first-order chi connectivity index (χ1) is 14.7. The molecule has 0 saturated carbocycles. The highest BCUT2D eigenvalue weighted by atomic mass is 14.8. The molecule has 0 amide bonds. The first-order valence-corrected chi connectivity index (χ1v) is 10.7. The first-order valence-electron chi connectivity index (χ1n) is 10.7. The van der Waals surface area contributed by atoms with Gasteiger partial charge in [0.1, 0.15) is 0 Å². The molecule has 0 bridgehead atoms. The average Bonchev–Trinajstić information content (AvgIpc) is 2.81. The molecule has 0 atom stereocenters. The third kappa shape index (κ3) is 4.22. The Morgan fingerprint density at radius 2 is 1.30 bits per heavy atom. The fourth-order valence-electron chi connectivity index (χ4n) is 4.35. The van der Waals surface area contributed by atoms with Crippen molar-refractivity contribution in [1.29, 1.82) is 0 Å². The summed E-state index contributed by atoms with van der Waals surface area (Å²) < 4.78 is 0. The average molecular weight is 392 g/mol. The summed E-state index contributed by atoms with van der Waals surface area (Å²) in [6.07, 6.45) is 8.59. The highest BCUT2D eigenvalue weighted by Crippen LogP contribution is 2.41. The third-order valence-corrected chi connectivity index (χ3v) is 6.06. The number of nitrogens with two attached hydrogens (primary N) is 1. The van der Waals surface area contributed by atoms with Crippen LogP contribution in [0, 0.1) is 0 Å². The minimum atomic E-state index is -0.638. The van der Waals surface area contributed by atoms with Crippen LogP contribution < -0.4 is 5.73 Å². The number of benzene rings is 3. The Kier molecular flexibility index (Phi) is 6.11. The van der Waals surface area contributed by atoms with Crippen molar-refractivity contribution in [1.82, 2.24) is 0 Å². The SMILES string of the molecule is C=C1C=C(C(N)(c2ccccc2)c2ccccc2)CC/C1=C/CCc1ccccc1. The van der Waals surface area contributed by atoms with Gasteiger partial charge in [0.05, 0.1) is 5.54 Å². The van der Waals surface area contributed by atoms with E-state index in [1.165, 1.54) is 16.7 Å². The quantitative estimate of drug-likeness (QED) is 0.495. The van der Waals surface area contributed by atoms with Gasteiger partial charge in [0.15, 0.2) is 0 Å². The summed E-state index contributed by atoms with van der Waals surface area (Å²) in [6.45, 7) is 4.37. The van der Waals surface area contributed by atoms with Crippen molar-refractivity contribution < 1.29 is 0 Å². The van der Waals surface area contributed by atoms with E-state index in [0.29, 0.717) is 0 Å². The number of hydrogen-bond donors (Lipinski definition) is 1. The third-order valence-electron chi connectivity index (χ3n) is 6.06. The van der Waals surface area contributed by atoms with Gasteiger partial charge in [-0.15, -0.1) is 0 Å². The van der Waals surface area contributed by atoms with E-state index in [-0.39, 0.29) is 0 Å². The molecule has 0 aliphatic heterocycles. The lowest BCUT2D eigenvalue weighted by molar-refractivity contribution is 0.595. The van der Waals surface area contributed by atoms with Gasteiger partial charge in [0.2, 0.25) is 0 Å². The number of rotatable bonds is 6. The lowest BCUT2D eigenvalue weighted by atomic mass is 9.72. The minimum Gasteiger partial charge on any atom is -0.314 e. The number of allylic oxidation sites excluding steroid dienone is 4. The van der Waals surface area contributed by atoms with Crippen LogP contribution in [0.4, 0.5) is 0 Å². The van der Waals surface area contributed by atoms with Crippen molar-refractivity contribution >= 4 is 0 Å². The van der Waals surface area contributed by atoms with Crippen LogP contribution in [0.1, 0.15) is 36.0 Å². The van der Waals surface area contributed by atoms with Crippen LogP contribution in [0.5, 0.6) is 0 Å². The topological polar surface area (TPSA) is 26.0 Å². The van der Waals surface area contributed by atoms with Crippen molar-refractivity contribution in [3.63, 3.8) is 0 Å². The fraction of sp³-hybridized carbons (Fsp3) is 0.172. The number of hydrogen-bond acceptors (Lipinski definition) is 1. The lowest BCUT2D eigenvalue weighted by Gasteiger charge is -2.36. The van der Waals surface area contributed by atoms with Crippen LogP contribution in [-0.2, 0) is 12.0 Å². The zero-order chi connectivity index (χ0) is 20.8. The van der Waals surface area contributed by atoms with Crippen LogP contribution in [0.2, 0.25) is 0 Å². The molecule has 1 aliphatic carbocycles. The molecule has 30 heavy (non-hydrogen) atoms. The predicted molar refractivity (Wildman–Crippen MR) is 127 cm³/mol. The predicted octanol–water partition coefficient (Wildman–Crippen LogP) is 6.72. The smallest absolute Gasteiger partial charge is 0.0885 e. The zero-order valence-electron chi connectivity index (χ0n) is 17.4. The van der Waals surface area contributed by atoms with E-state index in [4.69, 9.17) is 5.73 Å². The summed E-state index contributed by atoms with van der Waals surface area (Å²) in [5.41, 5.74) is 13.8. The van der Waals surface area contributed by atoms with Crippen LogP contribution in [-0.4, -0.2) is 0 Å². The second-order valence-corrected chi connectivity index (χ2v) is 7.99. The first kappa shape index (κ1) is 20.1. The molecule has 0 heterocycles. The molecule has 0 aromatic heterocycles. The Morgan fingerprint density at radius 1 is 0.767 bits per heavy atom. The second-order valence-electron chi connectivity index (χ2n) is 7.99. The van der Waals surface area contributed by atoms with Gasteiger partial charge in [-0.05, 0) is 59.1 Å².